The molecule has 0 aliphatic heterocycles. The highest BCUT2D eigenvalue weighted by Gasteiger charge is 2.19. The average Bonchev–Trinajstić information content (AvgIpc) is 2.86. The Morgan fingerprint density at radius 3 is 2.52 bits per heavy atom. The number of benzene rings is 1. The van der Waals surface area contributed by atoms with Gasteiger partial charge in [-0.2, -0.15) is 0 Å². The Bertz CT molecular complexity index is 1040. The third kappa shape index (κ3) is 3.10. The van der Waals surface area contributed by atoms with Gasteiger partial charge in [0.1, 0.15) is 11.1 Å². The second-order valence-corrected chi connectivity index (χ2v) is 5.83. The Hall–Kier alpha value is -3.15. The van der Waals surface area contributed by atoms with E-state index in [-0.39, 0.29) is 11.3 Å². The lowest BCUT2D eigenvalue weighted by Gasteiger charge is -2.05. The van der Waals surface area contributed by atoms with Crippen molar-refractivity contribution >= 4 is 22.7 Å². The molecule has 3 rings (SSSR count). The van der Waals surface area contributed by atoms with Crippen molar-refractivity contribution in [1.29, 1.82) is 0 Å². The van der Waals surface area contributed by atoms with Crippen LogP contribution in [0.4, 0.5) is 0 Å². The normalized spacial score (nSPS) is 10.8. The number of aryl methyl sites for hydroxylation is 1. The minimum atomic E-state index is -0.877. The van der Waals surface area contributed by atoms with Gasteiger partial charge in [0.05, 0.1) is 0 Å². The van der Waals surface area contributed by atoms with E-state index in [9.17, 15) is 14.4 Å². The SMILES string of the molecule is Cc1cc(C(=O)COC(=O)c2cc3ccccc3oc2=O)c(C)n1C. The van der Waals surface area contributed by atoms with Gasteiger partial charge < -0.3 is 13.7 Å². The molecule has 128 valence electrons. The van der Waals surface area contributed by atoms with Crippen LogP contribution in [-0.4, -0.2) is 22.9 Å². The zero-order chi connectivity index (χ0) is 18.1. The summed E-state index contributed by atoms with van der Waals surface area (Å²) in [5.41, 5.74) is 1.59. The van der Waals surface area contributed by atoms with Gasteiger partial charge in [0.2, 0.25) is 5.78 Å². The van der Waals surface area contributed by atoms with Crippen LogP contribution in [0.5, 0.6) is 0 Å². The third-order valence-corrected chi connectivity index (χ3v) is 4.27. The number of carbonyl (C=O) groups is 2. The van der Waals surface area contributed by atoms with Crippen LogP contribution in [0.3, 0.4) is 0 Å². The molecule has 2 heterocycles. The van der Waals surface area contributed by atoms with E-state index in [4.69, 9.17) is 9.15 Å². The zero-order valence-corrected chi connectivity index (χ0v) is 14.2. The number of hydrogen-bond acceptors (Lipinski definition) is 5. The summed E-state index contributed by atoms with van der Waals surface area (Å²) in [4.78, 5) is 36.4. The maximum atomic E-state index is 12.3. The molecule has 0 radical (unpaired) electrons. The summed E-state index contributed by atoms with van der Waals surface area (Å²) in [6, 6.07) is 10.0. The number of fused-ring (bicyclic) bond motifs is 1. The predicted octanol–water partition coefficient (Wildman–Crippen LogP) is 2.79. The van der Waals surface area contributed by atoms with Crippen LogP contribution in [0, 0.1) is 13.8 Å². The van der Waals surface area contributed by atoms with Gasteiger partial charge in [-0.25, -0.2) is 9.59 Å². The number of carbonyl (C=O) groups excluding carboxylic acids is 2. The van der Waals surface area contributed by atoms with E-state index in [0.29, 0.717) is 16.5 Å². The number of hydrogen-bond donors (Lipinski definition) is 0. The largest absolute Gasteiger partial charge is 0.453 e. The smallest absolute Gasteiger partial charge is 0.351 e. The molecule has 0 saturated carbocycles. The molecule has 2 aromatic heterocycles. The number of nitrogens with zero attached hydrogens (tertiary/aromatic N) is 1. The van der Waals surface area contributed by atoms with Crippen molar-refractivity contribution in [1.82, 2.24) is 4.57 Å². The highest BCUT2D eigenvalue weighted by atomic mass is 16.5. The average molecular weight is 339 g/mol. The maximum absolute atomic E-state index is 12.3. The van der Waals surface area contributed by atoms with Gasteiger partial charge in [-0.3, -0.25) is 4.79 Å². The Labute approximate surface area is 143 Å². The number of rotatable bonds is 4. The summed E-state index contributed by atoms with van der Waals surface area (Å²) in [7, 11) is 1.85. The van der Waals surface area contributed by atoms with Crippen molar-refractivity contribution in [2.75, 3.05) is 6.61 Å². The van der Waals surface area contributed by atoms with Crippen molar-refractivity contribution in [3.8, 4) is 0 Å². The lowest BCUT2D eigenvalue weighted by Crippen LogP contribution is -2.20. The Kier molecular flexibility index (Phi) is 4.27. The Morgan fingerprint density at radius 1 is 1.12 bits per heavy atom. The topological polar surface area (TPSA) is 78.5 Å². The van der Waals surface area contributed by atoms with Crippen LogP contribution >= 0.6 is 0 Å². The van der Waals surface area contributed by atoms with Crippen LogP contribution in [0.1, 0.15) is 32.1 Å². The fourth-order valence-electron chi connectivity index (χ4n) is 2.63. The fraction of sp³-hybridized carbons (Fsp3) is 0.211. The van der Waals surface area contributed by atoms with Crippen LogP contribution in [0.2, 0.25) is 0 Å². The van der Waals surface area contributed by atoms with Gasteiger partial charge in [0.25, 0.3) is 0 Å². The molecule has 6 nitrogen and oxygen atoms in total. The summed E-state index contributed by atoms with van der Waals surface area (Å²) in [6.07, 6.45) is 0. The predicted molar refractivity (Wildman–Crippen MR) is 92.0 cm³/mol. The van der Waals surface area contributed by atoms with Crippen molar-refractivity contribution in [3.05, 3.63) is 69.3 Å². The first kappa shape index (κ1) is 16.7. The number of esters is 1. The zero-order valence-electron chi connectivity index (χ0n) is 14.2. The van der Waals surface area contributed by atoms with Crippen LogP contribution in [0.15, 0.2) is 45.6 Å². The molecular formula is C19H17NO5. The monoisotopic (exact) mass is 339 g/mol. The van der Waals surface area contributed by atoms with E-state index in [0.717, 1.165) is 11.4 Å². The quantitative estimate of drug-likeness (QED) is 0.415. The van der Waals surface area contributed by atoms with E-state index >= 15 is 0 Å². The van der Waals surface area contributed by atoms with E-state index in [1.807, 2.05) is 25.5 Å². The van der Waals surface area contributed by atoms with Gasteiger partial charge in [0, 0.05) is 29.4 Å². The second-order valence-electron chi connectivity index (χ2n) is 5.83. The summed E-state index contributed by atoms with van der Waals surface area (Å²) < 4.78 is 12.0. The van der Waals surface area contributed by atoms with Crippen LogP contribution in [0.25, 0.3) is 11.0 Å². The number of ketones is 1. The van der Waals surface area contributed by atoms with E-state index < -0.39 is 18.2 Å². The number of aromatic nitrogens is 1. The van der Waals surface area contributed by atoms with Crippen molar-refractivity contribution in [2.45, 2.75) is 13.8 Å². The van der Waals surface area contributed by atoms with Gasteiger partial charge in [-0.15, -0.1) is 0 Å². The molecule has 6 heteroatoms. The summed E-state index contributed by atoms with van der Waals surface area (Å²) in [5.74, 6) is -1.20. The molecule has 1 aromatic carbocycles. The standard InChI is InChI=1S/C19H17NO5/c1-11-8-14(12(2)20(11)3)16(21)10-24-18(22)15-9-13-6-4-5-7-17(13)25-19(15)23/h4-9H,10H2,1-3H3. The minimum Gasteiger partial charge on any atom is -0.453 e. The Balaban J connectivity index is 1.78. The summed E-state index contributed by atoms with van der Waals surface area (Å²) in [5, 5.41) is 0.606. The molecule has 0 N–H and O–H groups in total. The van der Waals surface area contributed by atoms with Gasteiger partial charge in [-0.1, -0.05) is 18.2 Å². The Morgan fingerprint density at radius 2 is 1.84 bits per heavy atom. The molecule has 0 bridgehead atoms. The fourth-order valence-corrected chi connectivity index (χ4v) is 2.63. The first-order chi connectivity index (χ1) is 11.9. The highest BCUT2D eigenvalue weighted by molar-refractivity contribution is 6.00. The molecule has 0 unspecified atom stereocenters. The molecule has 25 heavy (non-hydrogen) atoms. The van der Waals surface area contributed by atoms with Gasteiger partial charge in [-0.05, 0) is 32.0 Å². The molecule has 0 aliphatic rings. The number of para-hydroxylation sites is 1. The molecule has 0 fully saturated rings. The van der Waals surface area contributed by atoms with Crippen molar-refractivity contribution in [3.63, 3.8) is 0 Å². The third-order valence-electron chi connectivity index (χ3n) is 4.27. The van der Waals surface area contributed by atoms with Gasteiger partial charge >= 0.3 is 11.6 Å². The first-order valence-electron chi connectivity index (χ1n) is 7.74. The molecule has 0 spiro atoms. The molecular weight excluding hydrogens is 322 g/mol. The number of Topliss-reactive ketones (excluding diaryl/α,β-unsaturated/α-hetero) is 1. The number of ether oxygens (including phenoxy) is 1. The lowest BCUT2D eigenvalue weighted by molar-refractivity contribution is 0.0470. The molecule has 3 aromatic rings. The van der Waals surface area contributed by atoms with Crippen molar-refractivity contribution in [2.24, 2.45) is 7.05 Å². The van der Waals surface area contributed by atoms with Gasteiger partial charge in [0.15, 0.2) is 6.61 Å². The minimum absolute atomic E-state index is 0.229. The molecule has 0 amide bonds. The first-order valence-corrected chi connectivity index (χ1v) is 7.74. The second kappa shape index (κ2) is 6.39. The van der Waals surface area contributed by atoms with Crippen LogP contribution < -0.4 is 5.63 Å². The summed E-state index contributed by atoms with van der Waals surface area (Å²) in [6.45, 7) is 3.27. The van der Waals surface area contributed by atoms with E-state index in [2.05, 4.69) is 0 Å². The van der Waals surface area contributed by atoms with Crippen molar-refractivity contribution < 1.29 is 18.7 Å². The molecule has 0 saturated heterocycles. The van der Waals surface area contributed by atoms with E-state index in [1.165, 1.54) is 6.07 Å². The maximum Gasteiger partial charge on any atom is 0.351 e. The molecule has 0 atom stereocenters. The molecule has 0 aliphatic carbocycles. The van der Waals surface area contributed by atoms with E-state index in [1.54, 1.807) is 30.3 Å². The summed E-state index contributed by atoms with van der Waals surface area (Å²) >= 11 is 0. The van der Waals surface area contributed by atoms with Crippen LogP contribution in [-0.2, 0) is 11.8 Å². The lowest BCUT2D eigenvalue weighted by atomic mass is 10.1. The highest BCUT2D eigenvalue weighted by Crippen LogP contribution is 2.15.